The molecule has 0 amide bonds. The van der Waals surface area contributed by atoms with Crippen LogP contribution in [0.15, 0.2) is 24.5 Å². The Morgan fingerprint density at radius 3 is 2.17 bits per heavy atom. The maximum Gasteiger partial charge on any atom is 2.00 e. The number of nitrogen functional groups attached to an aromatic ring is 1. The summed E-state index contributed by atoms with van der Waals surface area (Å²) in [4.78, 5) is 12.1. The molecule has 0 saturated heterocycles. The molecular weight excluding hydrogens is 188 g/mol. The molecule has 6 heteroatoms. The largest absolute Gasteiger partial charge is 2.00 e. The van der Waals surface area contributed by atoms with Crippen molar-refractivity contribution in [3.05, 3.63) is 24.5 Å². The van der Waals surface area contributed by atoms with Gasteiger partial charge in [-0.05, 0) is 18.3 Å². The third-order valence-corrected chi connectivity index (χ3v) is 0.684. The van der Waals surface area contributed by atoms with E-state index in [1.807, 2.05) is 0 Å². The van der Waals surface area contributed by atoms with E-state index in [-0.39, 0.29) is 37.7 Å². The van der Waals surface area contributed by atoms with E-state index in [1.54, 1.807) is 24.5 Å². The van der Waals surface area contributed by atoms with Crippen molar-refractivity contribution in [2.75, 3.05) is 5.73 Å². The summed E-state index contributed by atoms with van der Waals surface area (Å²) in [5, 5.41) is 16.7. The summed E-state index contributed by atoms with van der Waals surface area (Å²) in [5.74, 6) is 0. The number of carboxylic acid groups (broad SMARTS) is 2. The van der Waals surface area contributed by atoms with Crippen molar-refractivity contribution >= 4 is 49.6 Å². The number of carbonyl (C=O) groups excluding carboxylic acids is 1. The van der Waals surface area contributed by atoms with Crippen LogP contribution in [0.3, 0.4) is 0 Å². The number of nitrogens with zero attached hydrogens (tertiary/aromatic N) is 1. The van der Waals surface area contributed by atoms with Gasteiger partial charge in [-0.2, -0.15) is 0 Å². The number of nitrogens with two attached hydrogens (primary N) is 1. The summed E-state index contributed by atoms with van der Waals surface area (Å²) in [7, 11) is 0. The second-order valence-electron chi connectivity index (χ2n) is 1.54. The van der Waals surface area contributed by atoms with Crippen LogP contribution in [0.1, 0.15) is 0 Å². The molecule has 1 aromatic heterocycles. The van der Waals surface area contributed by atoms with Gasteiger partial charge in [0.2, 0.25) is 0 Å². The number of anilines is 1. The molecule has 0 fully saturated rings. The molecule has 0 saturated carbocycles. The SMILES string of the molecule is Nc1cccnc1.O=C([O-])[O-].[Ca+2]. The average Bonchev–Trinajstić information content (AvgIpc) is 1.87. The Morgan fingerprint density at radius 2 is 2.00 bits per heavy atom. The minimum Gasteiger partial charge on any atom is -0.652 e. The second kappa shape index (κ2) is 8.58. The monoisotopic (exact) mass is 194 g/mol. The second-order valence-corrected chi connectivity index (χ2v) is 1.54. The summed E-state index contributed by atoms with van der Waals surface area (Å²) >= 11 is 0. The zero-order valence-corrected chi connectivity index (χ0v) is 8.47. The summed E-state index contributed by atoms with van der Waals surface area (Å²) in [6, 6.07) is 3.60. The Morgan fingerprint density at radius 1 is 1.50 bits per heavy atom. The van der Waals surface area contributed by atoms with E-state index < -0.39 is 6.16 Å². The fraction of sp³-hybridized carbons (Fsp3) is 0. The Hall–Kier alpha value is -0.520. The number of rotatable bonds is 0. The topological polar surface area (TPSA) is 102 Å². The van der Waals surface area contributed by atoms with Gasteiger partial charge < -0.3 is 20.7 Å². The average molecular weight is 194 g/mol. The predicted molar refractivity (Wildman–Crippen MR) is 39.8 cm³/mol. The van der Waals surface area contributed by atoms with Gasteiger partial charge in [-0.15, -0.1) is 0 Å². The first-order valence-corrected chi connectivity index (χ1v) is 2.66. The number of carbonyl (C=O) groups is 1. The zero-order chi connectivity index (χ0) is 8.69. The third-order valence-electron chi connectivity index (χ3n) is 0.684. The summed E-state index contributed by atoms with van der Waals surface area (Å²) in [5.41, 5.74) is 6.01. The van der Waals surface area contributed by atoms with Crippen LogP contribution in [0.25, 0.3) is 0 Å². The standard InChI is InChI=1S/C5H6N2.CH2O3.Ca/c6-5-2-1-3-7-4-5;2-1(3)4;/h1-4H,6H2;(H2,2,3,4);/q;;+2/p-2. The molecule has 0 unspecified atom stereocenters. The van der Waals surface area contributed by atoms with Gasteiger partial charge in [-0.25, -0.2) is 0 Å². The minimum atomic E-state index is -2.33. The number of aromatic nitrogens is 1. The van der Waals surface area contributed by atoms with Gasteiger partial charge in [-0.1, -0.05) is 0 Å². The van der Waals surface area contributed by atoms with Crippen LogP contribution in [-0.2, 0) is 0 Å². The van der Waals surface area contributed by atoms with E-state index in [0.29, 0.717) is 5.69 Å². The van der Waals surface area contributed by atoms with Gasteiger partial charge in [0.1, 0.15) is 0 Å². The summed E-state index contributed by atoms with van der Waals surface area (Å²) in [6.07, 6.45) is 0.969. The first kappa shape index (κ1) is 14.0. The van der Waals surface area contributed by atoms with Crippen molar-refractivity contribution in [2.24, 2.45) is 0 Å². The van der Waals surface area contributed by atoms with E-state index >= 15 is 0 Å². The quantitative estimate of drug-likeness (QED) is 0.474. The van der Waals surface area contributed by atoms with Crippen LogP contribution >= 0.6 is 0 Å². The van der Waals surface area contributed by atoms with Crippen molar-refractivity contribution in [2.45, 2.75) is 0 Å². The fourth-order valence-corrected chi connectivity index (χ4v) is 0.376. The maximum atomic E-state index is 8.33. The molecule has 0 aromatic carbocycles. The molecule has 12 heavy (non-hydrogen) atoms. The first-order valence-electron chi connectivity index (χ1n) is 2.66. The van der Waals surface area contributed by atoms with Crippen molar-refractivity contribution in [1.82, 2.24) is 4.98 Å². The van der Waals surface area contributed by atoms with Crippen molar-refractivity contribution in [3.8, 4) is 0 Å². The molecule has 2 N–H and O–H groups in total. The Kier molecular flexibility index (Phi) is 10.0. The number of hydrogen-bond donors (Lipinski definition) is 1. The Labute approximate surface area is 99.2 Å². The summed E-state index contributed by atoms with van der Waals surface area (Å²) in [6.45, 7) is 0. The maximum absolute atomic E-state index is 8.33. The van der Waals surface area contributed by atoms with Gasteiger partial charge in [0.05, 0.1) is 5.69 Å². The van der Waals surface area contributed by atoms with Gasteiger partial charge in [0, 0.05) is 12.4 Å². The Bertz CT molecular complexity index is 213. The van der Waals surface area contributed by atoms with E-state index in [2.05, 4.69) is 4.98 Å². The van der Waals surface area contributed by atoms with Crippen LogP contribution in [0.4, 0.5) is 10.5 Å². The van der Waals surface area contributed by atoms with Gasteiger partial charge in [0.15, 0.2) is 0 Å². The van der Waals surface area contributed by atoms with Gasteiger partial charge in [-0.3, -0.25) is 4.98 Å². The predicted octanol–water partition coefficient (Wildman–Crippen LogP) is -2.16. The molecule has 0 aliphatic rings. The van der Waals surface area contributed by atoms with Crippen molar-refractivity contribution in [1.29, 1.82) is 0 Å². The third kappa shape index (κ3) is 12.2. The fourth-order valence-electron chi connectivity index (χ4n) is 0.376. The number of hydrogen-bond acceptors (Lipinski definition) is 5. The molecule has 1 heterocycles. The zero-order valence-electron chi connectivity index (χ0n) is 6.27. The summed E-state index contributed by atoms with van der Waals surface area (Å²) < 4.78 is 0. The van der Waals surface area contributed by atoms with Gasteiger partial charge in [0.25, 0.3) is 0 Å². The first-order chi connectivity index (χ1) is 5.13. The molecule has 0 radical (unpaired) electrons. The van der Waals surface area contributed by atoms with E-state index in [9.17, 15) is 0 Å². The van der Waals surface area contributed by atoms with Crippen LogP contribution in [0, 0.1) is 0 Å². The molecule has 1 rings (SSSR count). The van der Waals surface area contributed by atoms with Crippen LogP contribution in [-0.4, -0.2) is 48.9 Å². The van der Waals surface area contributed by atoms with Crippen LogP contribution < -0.4 is 15.9 Å². The van der Waals surface area contributed by atoms with E-state index in [4.69, 9.17) is 20.7 Å². The van der Waals surface area contributed by atoms with Crippen molar-refractivity contribution in [3.63, 3.8) is 0 Å². The molecule has 0 bridgehead atoms. The van der Waals surface area contributed by atoms with Crippen LogP contribution in [0.2, 0.25) is 0 Å². The molecule has 0 spiro atoms. The normalized spacial score (nSPS) is 7.00. The van der Waals surface area contributed by atoms with E-state index in [0.717, 1.165) is 0 Å². The molecule has 0 atom stereocenters. The molecular formula is C6H6CaN2O3. The number of pyridine rings is 1. The minimum absolute atomic E-state index is 0. The smallest absolute Gasteiger partial charge is 0.652 e. The van der Waals surface area contributed by atoms with Crippen molar-refractivity contribution < 1.29 is 15.0 Å². The molecule has 60 valence electrons. The van der Waals surface area contributed by atoms with Crippen LogP contribution in [0.5, 0.6) is 0 Å². The molecule has 1 aromatic rings. The Balaban J connectivity index is 0. The molecule has 5 nitrogen and oxygen atoms in total. The molecule has 0 aliphatic carbocycles. The molecule has 0 aliphatic heterocycles. The van der Waals surface area contributed by atoms with E-state index in [1.165, 1.54) is 0 Å². The van der Waals surface area contributed by atoms with Gasteiger partial charge >= 0.3 is 37.7 Å².